The minimum Gasteiger partial charge on any atom is -0.481 e. The molecule has 0 atom stereocenters. The molecule has 4 nitrogen and oxygen atoms in total. The van der Waals surface area contributed by atoms with Gasteiger partial charge in [0.2, 0.25) is 0 Å². The predicted molar refractivity (Wildman–Crippen MR) is 122 cm³/mol. The minimum atomic E-state index is -0.916. The Hall–Kier alpha value is -2.88. The van der Waals surface area contributed by atoms with Gasteiger partial charge in [0.05, 0.1) is 17.8 Å². The molecule has 0 aliphatic rings. The molecule has 0 amide bonds. The maximum absolute atomic E-state index is 11.1. The number of carboxylic acids is 1. The van der Waals surface area contributed by atoms with Crippen LogP contribution in [0.5, 0.6) is 0 Å². The lowest BCUT2D eigenvalue weighted by atomic mass is 10.1. The highest BCUT2D eigenvalue weighted by atomic mass is 16.4. The second-order valence-corrected chi connectivity index (χ2v) is 4.24. The molecule has 1 heterocycles. The van der Waals surface area contributed by atoms with E-state index in [1.807, 2.05) is 71.9 Å². The van der Waals surface area contributed by atoms with Gasteiger partial charge >= 0.3 is 5.97 Å². The van der Waals surface area contributed by atoms with E-state index in [9.17, 15) is 4.79 Å². The normalized spacial score (nSPS) is 10.1. The van der Waals surface area contributed by atoms with Crippen molar-refractivity contribution in [1.29, 1.82) is 0 Å². The third-order valence-corrected chi connectivity index (χ3v) is 2.81. The second kappa shape index (κ2) is 19.4. The molecule has 0 spiro atoms. The lowest BCUT2D eigenvalue weighted by Crippen LogP contribution is -2.07. The standard InChI is InChI=1S/C17H20N2O2.2C2H6.C2H4/c1-5-9-11-13(10-6-2)17-14(12-16(20)21)19(8-4)15(7-3)18-17;3*1-2/h5-11H,3-4,12H2,1-2H3,(H,20,21);2*1-2H3;1-2H2/b9-5-,10-6-,13-11+;;;. The molecule has 0 aliphatic carbocycles. The van der Waals surface area contributed by atoms with Crippen LogP contribution in [0.3, 0.4) is 0 Å². The molecule has 0 aromatic carbocycles. The van der Waals surface area contributed by atoms with Crippen LogP contribution < -0.4 is 0 Å². The van der Waals surface area contributed by atoms with Crippen LogP contribution in [0.25, 0.3) is 17.8 Å². The zero-order valence-corrected chi connectivity index (χ0v) is 17.8. The van der Waals surface area contributed by atoms with Gasteiger partial charge in [-0.25, -0.2) is 4.98 Å². The van der Waals surface area contributed by atoms with Gasteiger partial charge in [-0.15, -0.1) is 13.2 Å². The zero-order valence-electron chi connectivity index (χ0n) is 17.8. The van der Waals surface area contributed by atoms with Crippen molar-refractivity contribution in [3.63, 3.8) is 0 Å². The van der Waals surface area contributed by atoms with Gasteiger partial charge in [0, 0.05) is 11.8 Å². The smallest absolute Gasteiger partial charge is 0.309 e. The summed E-state index contributed by atoms with van der Waals surface area (Å²) in [6.07, 6.45) is 12.5. The fourth-order valence-electron chi connectivity index (χ4n) is 1.97. The Bertz CT molecular complexity index is 648. The Balaban J connectivity index is -0.000000869. The van der Waals surface area contributed by atoms with Crippen molar-refractivity contribution in [2.75, 3.05) is 0 Å². The summed E-state index contributed by atoms with van der Waals surface area (Å²) in [6.45, 7) is 25.2. The van der Waals surface area contributed by atoms with Crippen LogP contribution in [0.2, 0.25) is 0 Å². The number of imidazole rings is 1. The van der Waals surface area contributed by atoms with E-state index in [0.29, 0.717) is 17.2 Å². The summed E-state index contributed by atoms with van der Waals surface area (Å²) in [5, 5.41) is 9.13. The molecule has 4 heteroatoms. The van der Waals surface area contributed by atoms with Crippen LogP contribution in [0.1, 0.15) is 58.8 Å². The number of nitrogens with zero attached hydrogens (tertiary/aromatic N) is 2. The van der Waals surface area contributed by atoms with E-state index in [2.05, 4.69) is 31.3 Å². The van der Waals surface area contributed by atoms with Gasteiger partial charge in [0.25, 0.3) is 0 Å². The summed E-state index contributed by atoms with van der Waals surface area (Å²) in [5.41, 5.74) is 2.06. The molecular formula is C23H36N2O2. The quantitative estimate of drug-likeness (QED) is 0.431. The molecule has 150 valence electrons. The number of aliphatic carboxylic acids is 1. The molecule has 0 saturated heterocycles. The first kappa shape index (κ1) is 28.9. The highest BCUT2D eigenvalue weighted by Gasteiger charge is 2.18. The number of rotatable bonds is 7. The number of carboxylic acid groups (broad SMARTS) is 1. The van der Waals surface area contributed by atoms with Gasteiger partial charge < -0.3 is 9.67 Å². The van der Waals surface area contributed by atoms with Crippen molar-refractivity contribution in [3.8, 4) is 0 Å². The maximum Gasteiger partial charge on any atom is 0.309 e. The number of allylic oxidation sites excluding steroid dienone is 6. The number of aromatic nitrogens is 2. The summed E-state index contributed by atoms with van der Waals surface area (Å²) >= 11 is 0. The topological polar surface area (TPSA) is 55.1 Å². The van der Waals surface area contributed by atoms with Crippen LogP contribution in [-0.2, 0) is 11.2 Å². The van der Waals surface area contributed by atoms with Crippen molar-refractivity contribution in [3.05, 3.63) is 73.9 Å². The number of hydrogen-bond acceptors (Lipinski definition) is 2. The van der Waals surface area contributed by atoms with Crippen LogP contribution in [0.15, 0.2) is 56.7 Å². The van der Waals surface area contributed by atoms with Gasteiger partial charge in [-0.1, -0.05) is 71.2 Å². The summed E-state index contributed by atoms with van der Waals surface area (Å²) in [5.74, 6) is -0.340. The first-order valence-corrected chi connectivity index (χ1v) is 9.12. The largest absolute Gasteiger partial charge is 0.481 e. The SMILES string of the molecule is C=C.C=Cc1nc(C(/C=C\C)=C/C=C\C)c(CC(=O)O)n1C=C.CC.CC. The van der Waals surface area contributed by atoms with Crippen molar-refractivity contribution < 1.29 is 9.90 Å². The van der Waals surface area contributed by atoms with Gasteiger partial charge in [0.15, 0.2) is 0 Å². The summed E-state index contributed by atoms with van der Waals surface area (Å²) in [4.78, 5) is 15.6. The Labute approximate surface area is 165 Å². The van der Waals surface area contributed by atoms with Crippen molar-refractivity contribution in [2.45, 2.75) is 48.0 Å². The molecule has 0 unspecified atom stereocenters. The number of hydrogen-bond donors (Lipinski definition) is 1. The molecule has 1 aromatic rings. The minimum absolute atomic E-state index is 0.132. The fourth-order valence-corrected chi connectivity index (χ4v) is 1.97. The van der Waals surface area contributed by atoms with E-state index < -0.39 is 5.97 Å². The molecule has 27 heavy (non-hydrogen) atoms. The van der Waals surface area contributed by atoms with Gasteiger partial charge in [-0.3, -0.25) is 4.79 Å². The summed E-state index contributed by atoms with van der Waals surface area (Å²) in [6, 6.07) is 0. The highest BCUT2D eigenvalue weighted by molar-refractivity contribution is 5.79. The monoisotopic (exact) mass is 372 g/mol. The zero-order chi connectivity index (χ0) is 21.8. The summed E-state index contributed by atoms with van der Waals surface area (Å²) in [7, 11) is 0. The van der Waals surface area contributed by atoms with E-state index in [0.717, 1.165) is 5.57 Å². The Morgan fingerprint density at radius 3 is 2.04 bits per heavy atom. The molecule has 0 bridgehead atoms. The molecule has 1 rings (SSSR count). The van der Waals surface area contributed by atoms with Crippen LogP contribution >= 0.6 is 0 Å². The van der Waals surface area contributed by atoms with E-state index in [1.165, 1.54) is 0 Å². The second-order valence-electron chi connectivity index (χ2n) is 4.24. The molecule has 0 aliphatic heterocycles. The maximum atomic E-state index is 11.1. The van der Waals surface area contributed by atoms with Crippen molar-refractivity contribution in [1.82, 2.24) is 9.55 Å². The average molecular weight is 373 g/mol. The van der Waals surface area contributed by atoms with Gasteiger partial charge in [-0.2, -0.15) is 0 Å². The predicted octanol–water partition coefficient (Wildman–Crippen LogP) is 6.64. The molecule has 1 aromatic heterocycles. The van der Waals surface area contributed by atoms with Crippen LogP contribution in [0, 0.1) is 0 Å². The van der Waals surface area contributed by atoms with Crippen LogP contribution in [-0.4, -0.2) is 20.6 Å². The first-order chi connectivity index (χ1) is 13.1. The molecule has 0 fully saturated rings. The Kier molecular flexibility index (Phi) is 20.8. The molecular weight excluding hydrogens is 336 g/mol. The summed E-state index contributed by atoms with van der Waals surface area (Å²) < 4.78 is 1.66. The Morgan fingerprint density at radius 1 is 1.11 bits per heavy atom. The highest BCUT2D eigenvalue weighted by Crippen LogP contribution is 2.23. The molecule has 0 saturated carbocycles. The first-order valence-electron chi connectivity index (χ1n) is 9.12. The fraction of sp³-hybridized carbons (Fsp3) is 0.304. The van der Waals surface area contributed by atoms with E-state index in [1.54, 1.807) is 16.8 Å². The average Bonchev–Trinajstić information content (AvgIpc) is 3.06. The van der Waals surface area contributed by atoms with E-state index in [4.69, 9.17) is 5.11 Å². The van der Waals surface area contributed by atoms with Crippen molar-refractivity contribution in [2.24, 2.45) is 0 Å². The molecule has 0 radical (unpaired) electrons. The van der Waals surface area contributed by atoms with Crippen molar-refractivity contribution >= 4 is 23.8 Å². The number of carbonyl (C=O) groups is 1. The third-order valence-electron chi connectivity index (χ3n) is 2.81. The van der Waals surface area contributed by atoms with Crippen LogP contribution in [0.4, 0.5) is 0 Å². The Morgan fingerprint density at radius 2 is 1.67 bits per heavy atom. The lowest BCUT2D eigenvalue weighted by Gasteiger charge is -2.05. The lowest BCUT2D eigenvalue weighted by molar-refractivity contribution is -0.136. The van der Waals surface area contributed by atoms with Gasteiger partial charge in [-0.05, 0) is 19.9 Å². The van der Waals surface area contributed by atoms with E-state index in [-0.39, 0.29) is 6.42 Å². The van der Waals surface area contributed by atoms with Gasteiger partial charge in [0.1, 0.15) is 5.82 Å². The molecule has 1 N–H and O–H groups in total. The third kappa shape index (κ3) is 10.00. The van der Waals surface area contributed by atoms with E-state index >= 15 is 0 Å².